The Kier molecular flexibility index (Phi) is 9.21. The minimum absolute atomic E-state index is 0.0106. The predicted molar refractivity (Wildman–Crippen MR) is 109 cm³/mol. The lowest BCUT2D eigenvalue weighted by Crippen LogP contribution is -2.44. The van der Waals surface area contributed by atoms with Gasteiger partial charge in [0.15, 0.2) is 8.68 Å². The van der Waals surface area contributed by atoms with E-state index in [9.17, 15) is 9.59 Å². The van der Waals surface area contributed by atoms with Crippen LogP contribution in [0.15, 0.2) is 8.68 Å². The maximum Gasteiger partial charge on any atom is 0.230 e. The van der Waals surface area contributed by atoms with Crippen molar-refractivity contribution in [1.82, 2.24) is 20.8 Å². The Hall–Kier alpha value is -0.800. The number of hydrogen-bond acceptors (Lipinski definition) is 7. The van der Waals surface area contributed by atoms with Crippen molar-refractivity contribution in [3.8, 4) is 0 Å². The SMILES string of the molecule is CCCNC(=O)CSc1nnc(SCC(=O)N[C@@H]2CCC[C@H](C)[C@@H]2C)s1. The minimum atomic E-state index is 0.0106. The van der Waals surface area contributed by atoms with Crippen LogP contribution in [0.2, 0.25) is 0 Å². The van der Waals surface area contributed by atoms with Crippen LogP contribution in [0.5, 0.6) is 0 Å². The van der Waals surface area contributed by atoms with Gasteiger partial charge in [-0.25, -0.2) is 0 Å². The molecule has 1 aliphatic rings. The zero-order chi connectivity index (χ0) is 18.9. The fourth-order valence-electron chi connectivity index (χ4n) is 2.92. The second kappa shape index (κ2) is 11.1. The van der Waals surface area contributed by atoms with Crippen LogP contribution in [0.4, 0.5) is 0 Å². The van der Waals surface area contributed by atoms with E-state index in [1.807, 2.05) is 6.92 Å². The topological polar surface area (TPSA) is 84.0 Å². The largest absolute Gasteiger partial charge is 0.355 e. The Labute approximate surface area is 168 Å². The molecule has 3 atom stereocenters. The van der Waals surface area contributed by atoms with E-state index >= 15 is 0 Å². The third-order valence-electron chi connectivity index (χ3n) is 4.67. The number of carbonyl (C=O) groups excluding carboxylic acids is 2. The molecule has 26 heavy (non-hydrogen) atoms. The molecule has 0 aliphatic heterocycles. The third kappa shape index (κ3) is 7.08. The Morgan fingerprint density at radius 1 is 1.12 bits per heavy atom. The van der Waals surface area contributed by atoms with Gasteiger partial charge in [0.1, 0.15) is 0 Å². The lowest BCUT2D eigenvalue weighted by molar-refractivity contribution is -0.120. The average Bonchev–Trinajstić information content (AvgIpc) is 3.08. The van der Waals surface area contributed by atoms with Crippen molar-refractivity contribution in [3.05, 3.63) is 0 Å². The number of thioether (sulfide) groups is 2. The maximum atomic E-state index is 12.2. The minimum Gasteiger partial charge on any atom is -0.355 e. The van der Waals surface area contributed by atoms with E-state index < -0.39 is 0 Å². The van der Waals surface area contributed by atoms with Gasteiger partial charge in [-0.1, -0.05) is 68.5 Å². The lowest BCUT2D eigenvalue weighted by atomic mass is 9.78. The smallest absolute Gasteiger partial charge is 0.230 e. The summed E-state index contributed by atoms with van der Waals surface area (Å²) in [6.07, 6.45) is 4.44. The first-order chi connectivity index (χ1) is 12.5. The number of amides is 2. The Morgan fingerprint density at radius 3 is 2.42 bits per heavy atom. The number of aromatic nitrogens is 2. The summed E-state index contributed by atoms with van der Waals surface area (Å²) in [6, 6.07) is 0.286. The van der Waals surface area contributed by atoms with Crippen molar-refractivity contribution in [2.75, 3.05) is 18.1 Å². The molecule has 1 aromatic rings. The molecule has 2 rings (SSSR count). The van der Waals surface area contributed by atoms with Gasteiger partial charge in [-0.05, 0) is 24.7 Å². The highest BCUT2D eigenvalue weighted by molar-refractivity contribution is 8.03. The van der Waals surface area contributed by atoms with Crippen LogP contribution < -0.4 is 10.6 Å². The molecule has 0 saturated heterocycles. The van der Waals surface area contributed by atoms with Gasteiger partial charge in [0.2, 0.25) is 11.8 Å². The van der Waals surface area contributed by atoms with Crippen molar-refractivity contribution < 1.29 is 9.59 Å². The molecule has 1 aliphatic carbocycles. The molecule has 1 heterocycles. The van der Waals surface area contributed by atoms with E-state index in [-0.39, 0.29) is 17.9 Å². The summed E-state index contributed by atoms with van der Waals surface area (Å²) in [5, 5.41) is 14.2. The molecule has 1 aromatic heterocycles. The van der Waals surface area contributed by atoms with E-state index in [0.717, 1.165) is 21.5 Å². The van der Waals surface area contributed by atoms with Crippen molar-refractivity contribution >= 4 is 46.7 Å². The van der Waals surface area contributed by atoms with Crippen molar-refractivity contribution in [2.24, 2.45) is 11.8 Å². The lowest BCUT2D eigenvalue weighted by Gasteiger charge is -2.34. The number of nitrogens with zero attached hydrogens (tertiary/aromatic N) is 2. The van der Waals surface area contributed by atoms with Gasteiger partial charge in [0.25, 0.3) is 0 Å². The fraction of sp³-hybridized carbons (Fsp3) is 0.765. The molecular weight excluding hydrogens is 388 g/mol. The highest BCUT2D eigenvalue weighted by atomic mass is 32.2. The predicted octanol–water partition coefficient (Wildman–Crippen LogP) is 3.19. The van der Waals surface area contributed by atoms with Gasteiger partial charge in [-0.2, -0.15) is 0 Å². The molecule has 0 radical (unpaired) electrons. The molecule has 0 spiro atoms. The third-order valence-corrected chi connectivity index (χ3v) is 7.86. The summed E-state index contributed by atoms with van der Waals surface area (Å²) in [5.41, 5.74) is 0. The van der Waals surface area contributed by atoms with E-state index in [2.05, 4.69) is 34.7 Å². The zero-order valence-corrected chi connectivity index (χ0v) is 18.1. The molecule has 0 bridgehead atoms. The van der Waals surface area contributed by atoms with Gasteiger partial charge in [-0.15, -0.1) is 10.2 Å². The van der Waals surface area contributed by atoms with E-state index in [1.54, 1.807) is 0 Å². The molecule has 0 aromatic carbocycles. The first-order valence-corrected chi connectivity index (χ1v) is 11.9. The summed E-state index contributed by atoms with van der Waals surface area (Å²) < 4.78 is 1.52. The summed E-state index contributed by atoms with van der Waals surface area (Å²) in [7, 11) is 0. The van der Waals surface area contributed by atoms with Crippen LogP contribution in [0.3, 0.4) is 0 Å². The molecule has 2 N–H and O–H groups in total. The number of hydrogen-bond donors (Lipinski definition) is 2. The Bertz CT molecular complexity index is 596. The normalized spacial score (nSPS) is 22.8. The standard InChI is InChI=1S/C17H28N4O2S3/c1-4-8-18-14(22)9-24-16-20-21-17(26-16)25-10-15(23)19-13-7-5-6-11(2)12(13)3/h11-13H,4-10H2,1-3H3,(H,18,22)(H,19,23)/t11-,12-,13+/m0/s1. The summed E-state index contributed by atoms with van der Waals surface area (Å²) >= 11 is 4.22. The molecule has 9 heteroatoms. The molecular formula is C17H28N4O2S3. The van der Waals surface area contributed by atoms with Crippen LogP contribution in [0.1, 0.15) is 46.5 Å². The summed E-state index contributed by atoms with van der Waals surface area (Å²) in [4.78, 5) is 23.8. The molecule has 1 saturated carbocycles. The van der Waals surface area contributed by atoms with Gasteiger partial charge < -0.3 is 10.6 Å². The van der Waals surface area contributed by atoms with E-state index in [0.29, 0.717) is 29.9 Å². The van der Waals surface area contributed by atoms with E-state index in [4.69, 9.17) is 0 Å². The van der Waals surface area contributed by atoms with Crippen LogP contribution in [-0.4, -0.2) is 46.1 Å². The van der Waals surface area contributed by atoms with Crippen molar-refractivity contribution in [3.63, 3.8) is 0 Å². The van der Waals surface area contributed by atoms with Crippen LogP contribution in [-0.2, 0) is 9.59 Å². The monoisotopic (exact) mass is 416 g/mol. The highest BCUT2D eigenvalue weighted by Gasteiger charge is 2.28. The van der Waals surface area contributed by atoms with Crippen LogP contribution in [0.25, 0.3) is 0 Å². The zero-order valence-electron chi connectivity index (χ0n) is 15.6. The number of nitrogens with one attached hydrogen (secondary N) is 2. The maximum absolute atomic E-state index is 12.2. The Balaban J connectivity index is 1.70. The highest BCUT2D eigenvalue weighted by Crippen LogP contribution is 2.30. The summed E-state index contributed by atoms with van der Waals surface area (Å²) in [5.74, 6) is 1.96. The van der Waals surface area contributed by atoms with Gasteiger partial charge >= 0.3 is 0 Å². The Morgan fingerprint density at radius 2 is 1.77 bits per heavy atom. The average molecular weight is 417 g/mol. The number of rotatable bonds is 9. The molecule has 6 nitrogen and oxygen atoms in total. The second-order valence-corrected chi connectivity index (χ2v) is 10.1. The van der Waals surface area contributed by atoms with Crippen molar-refractivity contribution in [1.29, 1.82) is 0 Å². The van der Waals surface area contributed by atoms with E-state index in [1.165, 1.54) is 47.7 Å². The quantitative estimate of drug-likeness (QED) is 0.602. The summed E-state index contributed by atoms with van der Waals surface area (Å²) in [6.45, 7) is 7.21. The second-order valence-electron chi connectivity index (χ2n) is 6.70. The van der Waals surface area contributed by atoms with Gasteiger partial charge in [-0.3, -0.25) is 9.59 Å². The van der Waals surface area contributed by atoms with Gasteiger partial charge in [0.05, 0.1) is 11.5 Å². The van der Waals surface area contributed by atoms with Crippen molar-refractivity contribution in [2.45, 2.75) is 61.2 Å². The molecule has 2 amide bonds. The van der Waals surface area contributed by atoms with Crippen LogP contribution in [0, 0.1) is 11.8 Å². The number of carbonyl (C=O) groups is 2. The first-order valence-electron chi connectivity index (χ1n) is 9.14. The molecule has 1 fully saturated rings. The molecule has 146 valence electrons. The fourth-order valence-corrected chi connectivity index (χ4v) is 5.58. The van der Waals surface area contributed by atoms with Crippen LogP contribution >= 0.6 is 34.9 Å². The molecule has 0 unspecified atom stereocenters. The first kappa shape index (κ1) is 21.5. The van der Waals surface area contributed by atoms with Gasteiger partial charge in [0, 0.05) is 12.6 Å².